The highest BCUT2D eigenvalue weighted by atomic mass is 16.5. The fourth-order valence-electron chi connectivity index (χ4n) is 3.91. The lowest BCUT2D eigenvalue weighted by Crippen LogP contribution is -2.51. The Hall–Kier alpha value is -4.05. The average molecular weight is 533 g/mol. The minimum Gasteiger partial charge on any atom is -0.391 e. The summed E-state index contributed by atoms with van der Waals surface area (Å²) in [4.78, 5) is 36.4. The van der Waals surface area contributed by atoms with Gasteiger partial charge in [0.1, 0.15) is 6.04 Å². The van der Waals surface area contributed by atoms with Gasteiger partial charge >= 0.3 is 0 Å². The largest absolute Gasteiger partial charge is 0.391 e. The Morgan fingerprint density at radius 1 is 0.846 bits per heavy atom. The van der Waals surface area contributed by atoms with Gasteiger partial charge < -0.3 is 21.1 Å². The van der Waals surface area contributed by atoms with Crippen molar-refractivity contribution in [3.8, 4) is 11.1 Å². The van der Waals surface area contributed by atoms with E-state index in [0.717, 1.165) is 16.7 Å². The number of nitrogens with one attached hydrogen (secondary N) is 4. The van der Waals surface area contributed by atoms with Gasteiger partial charge in [0.15, 0.2) is 0 Å². The van der Waals surface area contributed by atoms with Gasteiger partial charge in [0.2, 0.25) is 5.91 Å². The molecule has 0 aromatic heterocycles. The summed E-state index contributed by atoms with van der Waals surface area (Å²) < 4.78 is 0. The molecule has 3 aromatic carbocycles. The zero-order valence-electron chi connectivity index (χ0n) is 22.6. The lowest BCUT2D eigenvalue weighted by Gasteiger charge is -2.19. The van der Waals surface area contributed by atoms with E-state index < -0.39 is 24.0 Å². The standard InChI is InChI=1S/C30H36N4O5/c1-19(35)27(29(38)34-39)33-28(37)23-9-7-21(8-10-23)22-11-15-25(16-12-22)32-26(36)18-31-17-20-5-13-24(14-6-20)30(2,3)4/h5-16,19,27,31,35,39H,17-18H2,1-4H3,(H,32,36)(H,33,37)(H,34,38)/t19-,27+/m1/s1. The monoisotopic (exact) mass is 532 g/mol. The summed E-state index contributed by atoms with van der Waals surface area (Å²) >= 11 is 0. The first kappa shape index (κ1) is 29.5. The number of carbonyl (C=O) groups is 3. The molecule has 9 nitrogen and oxygen atoms in total. The molecule has 0 aliphatic heterocycles. The van der Waals surface area contributed by atoms with Gasteiger partial charge in [-0.3, -0.25) is 19.6 Å². The summed E-state index contributed by atoms with van der Waals surface area (Å²) in [5.74, 6) is -1.62. The molecule has 3 amide bonds. The Kier molecular flexibility index (Phi) is 9.95. The topological polar surface area (TPSA) is 140 Å². The molecule has 9 heteroatoms. The van der Waals surface area contributed by atoms with E-state index in [9.17, 15) is 19.5 Å². The van der Waals surface area contributed by atoms with E-state index in [4.69, 9.17) is 5.21 Å². The van der Waals surface area contributed by atoms with Crippen LogP contribution in [-0.4, -0.2) is 46.7 Å². The van der Waals surface area contributed by atoms with Crippen molar-refractivity contribution in [2.45, 2.75) is 51.8 Å². The molecular weight excluding hydrogens is 496 g/mol. The zero-order chi connectivity index (χ0) is 28.6. The Labute approximate surface area is 228 Å². The molecule has 3 aromatic rings. The molecule has 0 saturated carbocycles. The number of hydroxylamine groups is 1. The maximum Gasteiger partial charge on any atom is 0.268 e. The first-order chi connectivity index (χ1) is 18.5. The van der Waals surface area contributed by atoms with Crippen molar-refractivity contribution >= 4 is 23.4 Å². The van der Waals surface area contributed by atoms with Crippen LogP contribution < -0.4 is 21.4 Å². The maximum atomic E-state index is 12.5. The Bertz CT molecular complexity index is 1260. The predicted octanol–water partition coefficient (Wildman–Crippen LogP) is 3.36. The number of carbonyl (C=O) groups excluding carboxylic acids is 3. The van der Waals surface area contributed by atoms with Crippen LogP contribution in [0.4, 0.5) is 5.69 Å². The summed E-state index contributed by atoms with van der Waals surface area (Å²) in [6.07, 6.45) is -1.19. The maximum absolute atomic E-state index is 12.5. The van der Waals surface area contributed by atoms with Crippen molar-refractivity contribution in [3.05, 3.63) is 89.5 Å². The number of aliphatic hydroxyl groups is 1. The van der Waals surface area contributed by atoms with Gasteiger partial charge in [0.25, 0.3) is 11.8 Å². The van der Waals surface area contributed by atoms with Crippen LogP contribution in [0.25, 0.3) is 11.1 Å². The van der Waals surface area contributed by atoms with E-state index in [1.54, 1.807) is 36.4 Å². The van der Waals surface area contributed by atoms with Crippen LogP contribution >= 0.6 is 0 Å². The quantitative estimate of drug-likeness (QED) is 0.175. The third-order valence-electron chi connectivity index (χ3n) is 6.25. The predicted molar refractivity (Wildman–Crippen MR) is 150 cm³/mol. The highest BCUT2D eigenvalue weighted by Gasteiger charge is 2.25. The summed E-state index contributed by atoms with van der Waals surface area (Å²) in [5, 5.41) is 26.9. The molecule has 0 aliphatic rings. The number of anilines is 1. The lowest BCUT2D eigenvalue weighted by molar-refractivity contribution is -0.133. The van der Waals surface area contributed by atoms with Crippen LogP contribution in [0.1, 0.15) is 49.2 Å². The molecule has 0 saturated heterocycles. The number of rotatable bonds is 10. The number of aliphatic hydroxyl groups excluding tert-OH is 1. The summed E-state index contributed by atoms with van der Waals surface area (Å²) in [6.45, 7) is 8.64. The summed E-state index contributed by atoms with van der Waals surface area (Å²) in [6, 6.07) is 21.1. The molecule has 3 rings (SSSR count). The smallest absolute Gasteiger partial charge is 0.268 e. The molecule has 39 heavy (non-hydrogen) atoms. The van der Waals surface area contributed by atoms with Gasteiger partial charge in [-0.25, -0.2) is 5.48 Å². The summed E-state index contributed by atoms with van der Waals surface area (Å²) in [7, 11) is 0. The fraction of sp³-hybridized carbons (Fsp3) is 0.300. The van der Waals surface area contributed by atoms with E-state index in [0.29, 0.717) is 12.2 Å². The van der Waals surface area contributed by atoms with Crippen molar-refractivity contribution in [3.63, 3.8) is 0 Å². The third-order valence-corrected chi connectivity index (χ3v) is 6.25. The highest BCUT2D eigenvalue weighted by Crippen LogP contribution is 2.23. The van der Waals surface area contributed by atoms with Gasteiger partial charge in [-0.2, -0.15) is 0 Å². The second-order valence-electron chi connectivity index (χ2n) is 10.4. The van der Waals surface area contributed by atoms with Gasteiger partial charge in [0, 0.05) is 17.8 Å². The van der Waals surface area contributed by atoms with E-state index in [-0.39, 0.29) is 23.4 Å². The van der Waals surface area contributed by atoms with Crippen LogP contribution in [0.2, 0.25) is 0 Å². The first-order valence-corrected chi connectivity index (χ1v) is 12.7. The molecule has 0 bridgehead atoms. The van der Waals surface area contributed by atoms with Crippen molar-refractivity contribution in [2.24, 2.45) is 0 Å². The van der Waals surface area contributed by atoms with Gasteiger partial charge in [-0.15, -0.1) is 0 Å². The van der Waals surface area contributed by atoms with Crippen molar-refractivity contribution in [2.75, 3.05) is 11.9 Å². The summed E-state index contributed by atoms with van der Waals surface area (Å²) in [5.41, 5.74) is 6.61. The van der Waals surface area contributed by atoms with Crippen LogP contribution in [0.15, 0.2) is 72.8 Å². The highest BCUT2D eigenvalue weighted by molar-refractivity contribution is 5.98. The average Bonchev–Trinajstić information content (AvgIpc) is 2.91. The van der Waals surface area contributed by atoms with Gasteiger partial charge in [-0.1, -0.05) is 69.3 Å². The SMILES string of the molecule is C[C@@H](O)[C@H](NC(=O)c1ccc(-c2ccc(NC(=O)CNCc3ccc(C(C)(C)C)cc3)cc2)cc1)C(=O)NO. The number of hydrogen-bond acceptors (Lipinski definition) is 6. The minimum absolute atomic E-state index is 0.104. The second-order valence-corrected chi connectivity index (χ2v) is 10.4. The molecule has 6 N–H and O–H groups in total. The van der Waals surface area contributed by atoms with Crippen molar-refractivity contribution < 1.29 is 24.7 Å². The molecule has 206 valence electrons. The Morgan fingerprint density at radius 3 is 1.92 bits per heavy atom. The zero-order valence-corrected chi connectivity index (χ0v) is 22.6. The minimum atomic E-state index is -1.29. The van der Waals surface area contributed by atoms with E-state index in [2.05, 4.69) is 61.0 Å². The lowest BCUT2D eigenvalue weighted by atomic mass is 9.87. The molecule has 0 radical (unpaired) electrons. The molecule has 0 aliphatic carbocycles. The van der Waals surface area contributed by atoms with Crippen LogP contribution in [-0.2, 0) is 21.5 Å². The molecule has 0 fully saturated rings. The molecule has 0 unspecified atom stereocenters. The van der Waals surface area contributed by atoms with E-state index in [1.807, 2.05) is 12.1 Å². The molecular formula is C30H36N4O5. The van der Waals surface area contributed by atoms with Gasteiger partial charge in [0.05, 0.1) is 12.6 Å². The second kappa shape index (κ2) is 13.1. The van der Waals surface area contributed by atoms with Crippen molar-refractivity contribution in [1.29, 1.82) is 0 Å². The van der Waals surface area contributed by atoms with Crippen LogP contribution in [0.3, 0.4) is 0 Å². The molecule has 0 spiro atoms. The van der Waals surface area contributed by atoms with Crippen LogP contribution in [0.5, 0.6) is 0 Å². The third kappa shape index (κ3) is 8.47. The Balaban J connectivity index is 1.50. The van der Waals surface area contributed by atoms with Crippen molar-refractivity contribution in [1.82, 2.24) is 16.1 Å². The van der Waals surface area contributed by atoms with E-state index >= 15 is 0 Å². The molecule has 2 atom stereocenters. The Morgan fingerprint density at radius 2 is 1.41 bits per heavy atom. The fourth-order valence-corrected chi connectivity index (χ4v) is 3.91. The molecule has 0 heterocycles. The normalized spacial score (nSPS) is 12.8. The number of amides is 3. The van der Waals surface area contributed by atoms with Crippen LogP contribution in [0, 0.1) is 0 Å². The first-order valence-electron chi connectivity index (χ1n) is 12.7. The number of benzene rings is 3. The number of hydrogen-bond donors (Lipinski definition) is 6. The van der Waals surface area contributed by atoms with Gasteiger partial charge in [-0.05, 0) is 58.9 Å². The van der Waals surface area contributed by atoms with E-state index in [1.165, 1.54) is 18.0 Å².